The lowest BCUT2D eigenvalue weighted by Crippen LogP contribution is -2.27. The number of pyridine rings is 2. The molecule has 10 heteroatoms. The number of hydrogen-bond acceptors (Lipinski definition) is 5. The van der Waals surface area contributed by atoms with Crippen LogP contribution in [0.15, 0.2) is 78.0 Å². The third-order valence-electron chi connectivity index (χ3n) is 6.46. The molecule has 7 nitrogen and oxygen atoms in total. The van der Waals surface area contributed by atoms with Gasteiger partial charge in [0.1, 0.15) is 5.75 Å². The minimum atomic E-state index is -1.59. The first-order valence-electron chi connectivity index (χ1n) is 12.1. The maximum Gasteiger partial charge on any atom is 0.261 e. The van der Waals surface area contributed by atoms with Crippen LogP contribution in [0.5, 0.6) is 5.75 Å². The van der Waals surface area contributed by atoms with Gasteiger partial charge >= 0.3 is 0 Å². The van der Waals surface area contributed by atoms with E-state index < -0.39 is 34.7 Å². The number of nitrogens with one attached hydrogen (secondary N) is 1. The van der Waals surface area contributed by atoms with Crippen LogP contribution in [0.2, 0.25) is 0 Å². The zero-order valence-electron chi connectivity index (χ0n) is 20.5. The second-order valence-electron chi connectivity index (χ2n) is 9.19. The number of carbonyl (C=O) groups excluding carboxylic acids is 2. The molecule has 5 rings (SSSR count). The van der Waals surface area contributed by atoms with E-state index in [1.54, 1.807) is 42.7 Å². The fourth-order valence-corrected chi connectivity index (χ4v) is 4.47. The standard InChI is InChI=1S/C29H22F3N3O4/c30-23-9-17(10-24(31)28(23)32)15-35-8-2-4-22(29(35)38)26(36)11-20(19-3-1-7-33-14-19)16-39-21-6-5-18-12-27(37)34-25(18)13-21/h1-10,13-14,20H,11-12,15-16H2,(H,34,37)/t20-/m0/s1. The van der Waals surface area contributed by atoms with Crippen molar-refractivity contribution in [2.45, 2.75) is 25.3 Å². The fraction of sp³-hybridized carbons (Fsp3) is 0.172. The van der Waals surface area contributed by atoms with Gasteiger partial charge in [-0.2, -0.15) is 0 Å². The highest BCUT2D eigenvalue weighted by Gasteiger charge is 2.23. The van der Waals surface area contributed by atoms with E-state index in [-0.39, 0.29) is 36.6 Å². The minimum Gasteiger partial charge on any atom is -0.493 e. The van der Waals surface area contributed by atoms with Crippen molar-refractivity contribution in [2.24, 2.45) is 0 Å². The van der Waals surface area contributed by atoms with Gasteiger partial charge in [0.05, 0.1) is 25.1 Å². The molecule has 1 aliphatic heterocycles. The Kier molecular flexibility index (Phi) is 7.27. The molecule has 0 radical (unpaired) electrons. The lowest BCUT2D eigenvalue weighted by molar-refractivity contribution is -0.115. The Morgan fingerprint density at radius 3 is 2.59 bits per heavy atom. The first-order chi connectivity index (χ1) is 18.8. The van der Waals surface area contributed by atoms with E-state index in [1.807, 2.05) is 0 Å². The summed E-state index contributed by atoms with van der Waals surface area (Å²) in [5, 5.41) is 2.77. The molecule has 1 amide bonds. The number of carbonyl (C=O) groups is 2. The first-order valence-corrected chi connectivity index (χ1v) is 12.1. The van der Waals surface area contributed by atoms with E-state index in [0.29, 0.717) is 17.9 Å². The van der Waals surface area contributed by atoms with E-state index in [0.717, 1.165) is 27.8 Å². The smallest absolute Gasteiger partial charge is 0.261 e. The normalized spacial score (nSPS) is 13.1. The van der Waals surface area contributed by atoms with E-state index in [4.69, 9.17) is 4.74 Å². The van der Waals surface area contributed by atoms with E-state index in [2.05, 4.69) is 10.3 Å². The van der Waals surface area contributed by atoms with Crippen molar-refractivity contribution in [1.29, 1.82) is 0 Å². The summed E-state index contributed by atoms with van der Waals surface area (Å²) < 4.78 is 47.7. The van der Waals surface area contributed by atoms with Crippen molar-refractivity contribution in [3.63, 3.8) is 0 Å². The lowest BCUT2D eigenvalue weighted by atomic mass is 9.93. The molecule has 198 valence electrons. The molecule has 0 unspecified atom stereocenters. The van der Waals surface area contributed by atoms with Crippen LogP contribution < -0.4 is 15.6 Å². The van der Waals surface area contributed by atoms with Crippen molar-refractivity contribution < 1.29 is 27.5 Å². The summed E-state index contributed by atoms with van der Waals surface area (Å²) >= 11 is 0. The molecule has 39 heavy (non-hydrogen) atoms. The largest absolute Gasteiger partial charge is 0.493 e. The van der Waals surface area contributed by atoms with E-state index in [9.17, 15) is 27.6 Å². The number of amides is 1. The Bertz CT molecular complexity index is 1600. The van der Waals surface area contributed by atoms with Gasteiger partial charge in [0.2, 0.25) is 5.91 Å². The molecule has 4 aromatic rings. The van der Waals surface area contributed by atoms with Crippen molar-refractivity contribution in [2.75, 3.05) is 11.9 Å². The average molecular weight is 534 g/mol. The van der Waals surface area contributed by atoms with Gasteiger partial charge in [0.25, 0.3) is 5.56 Å². The number of rotatable bonds is 9. The number of Topliss-reactive ketones (excluding diaryl/α,β-unsaturated/α-hetero) is 1. The predicted octanol–water partition coefficient (Wildman–Crippen LogP) is 4.64. The zero-order valence-corrected chi connectivity index (χ0v) is 20.5. The van der Waals surface area contributed by atoms with Crippen LogP contribution in [0, 0.1) is 17.5 Å². The van der Waals surface area contributed by atoms with Crippen LogP contribution in [0.1, 0.15) is 39.4 Å². The number of hydrogen-bond donors (Lipinski definition) is 1. The number of anilines is 1. The summed E-state index contributed by atoms with van der Waals surface area (Å²) in [6, 6.07) is 13.3. The van der Waals surface area contributed by atoms with E-state index >= 15 is 0 Å². The van der Waals surface area contributed by atoms with Gasteiger partial charge in [-0.05, 0) is 53.1 Å². The molecule has 2 aromatic heterocycles. The summed E-state index contributed by atoms with van der Waals surface area (Å²) in [5.41, 5.74) is 1.57. The van der Waals surface area contributed by atoms with Gasteiger partial charge in [-0.15, -0.1) is 0 Å². The van der Waals surface area contributed by atoms with Crippen molar-refractivity contribution >= 4 is 17.4 Å². The molecule has 0 aliphatic carbocycles. The molecule has 0 saturated carbocycles. The van der Waals surface area contributed by atoms with Crippen LogP contribution in [0.3, 0.4) is 0 Å². The number of halogens is 3. The number of nitrogens with zero attached hydrogens (tertiary/aromatic N) is 2. The van der Waals surface area contributed by atoms with Crippen LogP contribution in [0.4, 0.5) is 18.9 Å². The van der Waals surface area contributed by atoms with Crippen LogP contribution in [-0.4, -0.2) is 27.8 Å². The summed E-state index contributed by atoms with van der Waals surface area (Å²) in [4.78, 5) is 42.2. The highest BCUT2D eigenvalue weighted by molar-refractivity contribution is 5.99. The summed E-state index contributed by atoms with van der Waals surface area (Å²) in [6.45, 7) is -0.155. The Hall–Kier alpha value is -4.73. The lowest BCUT2D eigenvalue weighted by Gasteiger charge is -2.18. The molecule has 0 fully saturated rings. The molecular formula is C29H22F3N3O4. The SMILES string of the molecule is O=C1Cc2ccc(OC[C@H](CC(=O)c3cccn(Cc4cc(F)c(F)c(F)c4)c3=O)c3cccnc3)cc2N1. The van der Waals surface area contributed by atoms with Gasteiger partial charge in [-0.3, -0.25) is 19.4 Å². The van der Waals surface area contributed by atoms with Gasteiger partial charge in [-0.1, -0.05) is 12.1 Å². The minimum absolute atomic E-state index is 0.0327. The summed E-state index contributed by atoms with van der Waals surface area (Å²) in [5.74, 6) is -4.82. The van der Waals surface area contributed by atoms with Crippen LogP contribution in [0.25, 0.3) is 0 Å². The summed E-state index contributed by atoms with van der Waals surface area (Å²) in [6.07, 6.45) is 4.83. The predicted molar refractivity (Wildman–Crippen MR) is 136 cm³/mol. The van der Waals surface area contributed by atoms with Crippen molar-refractivity contribution in [1.82, 2.24) is 9.55 Å². The topological polar surface area (TPSA) is 90.3 Å². The molecule has 0 bridgehead atoms. The average Bonchev–Trinajstić information content (AvgIpc) is 3.30. The third kappa shape index (κ3) is 5.74. The highest BCUT2D eigenvalue weighted by Crippen LogP contribution is 2.29. The molecule has 1 atom stereocenters. The summed E-state index contributed by atoms with van der Waals surface area (Å²) in [7, 11) is 0. The third-order valence-corrected chi connectivity index (χ3v) is 6.46. The quantitative estimate of drug-likeness (QED) is 0.250. The molecule has 0 spiro atoms. The number of ether oxygens (including phenoxy) is 1. The van der Waals surface area contributed by atoms with Crippen molar-refractivity contribution in [3.05, 3.63) is 123 Å². The van der Waals surface area contributed by atoms with Gasteiger partial charge in [0, 0.05) is 42.7 Å². The molecule has 2 aromatic carbocycles. The second-order valence-corrected chi connectivity index (χ2v) is 9.19. The Balaban J connectivity index is 1.35. The maximum atomic E-state index is 13.6. The molecular weight excluding hydrogens is 511 g/mol. The molecule has 1 N–H and O–H groups in total. The monoisotopic (exact) mass is 533 g/mol. The highest BCUT2D eigenvalue weighted by atomic mass is 19.2. The van der Waals surface area contributed by atoms with Gasteiger partial charge in [0.15, 0.2) is 23.2 Å². The number of benzene rings is 2. The fourth-order valence-electron chi connectivity index (χ4n) is 4.47. The van der Waals surface area contributed by atoms with E-state index in [1.165, 1.54) is 18.3 Å². The number of ketones is 1. The first kappa shape index (κ1) is 25.9. The Labute approximate surface area is 220 Å². The number of aromatic nitrogens is 2. The van der Waals surface area contributed by atoms with Gasteiger partial charge < -0.3 is 14.6 Å². The van der Waals surface area contributed by atoms with Crippen LogP contribution >= 0.6 is 0 Å². The number of fused-ring (bicyclic) bond motifs is 1. The molecule has 0 saturated heterocycles. The maximum absolute atomic E-state index is 13.6. The Morgan fingerprint density at radius 1 is 1.05 bits per heavy atom. The zero-order chi connectivity index (χ0) is 27.5. The van der Waals surface area contributed by atoms with Crippen LogP contribution in [-0.2, 0) is 17.8 Å². The molecule has 1 aliphatic rings. The van der Waals surface area contributed by atoms with Crippen molar-refractivity contribution in [3.8, 4) is 5.75 Å². The Morgan fingerprint density at radius 2 is 1.85 bits per heavy atom. The molecule has 3 heterocycles. The second kappa shape index (κ2) is 10.9. The van der Waals surface area contributed by atoms with Gasteiger partial charge in [-0.25, -0.2) is 13.2 Å².